The van der Waals surface area contributed by atoms with Crippen LogP contribution in [-0.4, -0.2) is 76.3 Å². The van der Waals surface area contributed by atoms with E-state index in [2.05, 4.69) is 20.0 Å². The van der Waals surface area contributed by atoms with Crippen molar-refractivity contribution in [2.24, 2.45) is 4.99 Å². The summed E-state index contributed by atoms with van der Waals surface area (Å²) in [4.78, 5) is 25.7. The summed E-state index contributed by atoms with van der Waals surface area (Å²) in [6.07, 6.45) is 1.49. The first-order valence-electron chi connectivity index (χ1n) is 15.1. The zero-order chi connectivity index (χ0) is 32.4. The van der Waals surface area contributed by atoms with Crippen LogP contribution in [0.4, 0.5) is 14.5 Å². The predicted molar refractivity (Wildman–Crippen MR) is 159 cm³/mol. The third-order valence-corrected chi connectivity index (χ3v) is 9.66. The van der Waals surface area contributed by atoms with Crippen molar-refractivity contribution in [1.29, 1.82) is 0 Å². The lowest BCUT2D eigenvalue weighted by molar-refractivity contribution is -0.192. The Kier molecular flexibility index (Phi) is 9.90. The van der Waals surface area contributed by atoms with Gasteiger partial charge in [-0.1, -0.05) is 24.6 Å². The molecule has 45 heavy (non-hydrogen) atoms. The minimum absolute atomic E-state index is 0.0918. The van der Waals surface area contributed by atoms with Crippen LogP contribution in [0.2, 0.25) is 0 Å². The number of rotatable bonds is 12. The molecule has 2 aliphatic heterocycles. The van der Waals surface area contributed by atoms with Crippen LogP contribution in [0.5, 0.6) is 11.6 Å². The standard InChI is InChI=1S/C30H39F2N4O8P/c1-5-40-26-24-23(34-19(3)35-26)22(16-33-24)25-29(4,31)28(38)30(32,43-25)17-41-45(39,44-21-14-10-7-11-15-21)36-18(2)27(37)42-20-12-8-6-9-13-20/h7,10-11,14-16,18,20,22,25,28,38H,5-6,8-9,12-13,17H2,1-4H3,(H,36,39)/t18?,22?,25-,28+,29+,30-,45?/m1/s1. The number of esters is 1. The van der Waals surface area contributed by atoms with Gasteiger partial charge in [0.1, 0.15) is 42.1 Å². The van der Waals surface area contributed by atoms with E-state index in [1.165, 1.54) is 25.3 Å². The van der Waals surface area contributed by atoms with E-state index >= 15 is 8.78 Å². The molecule has 1 aliphatic carbocycles. The first-order chi connectivity index (χ1) is 21.3. The van der Waals surface area contributed by atoms with Crippen molar-refractivity contribution in [3.05, 3.63) is 41.9 Å². The molecule has 3 aliphatic rings. The quantitative estimate of drug-likeness (QED) is 0.230. The molecule has 0 radical (unpaired) electrons. The highest BCUT2D eigenvalue weighted by Gasteiger charge is 2.66. The van der Waals surface area contributed by atoms with Gasteiger partial charge in [0.15, 0.2) is 11.8 Å². The number of aliphatic hydroxyl groups is 1. The van der Waals surface area contributed by atoms with Crippen molar-refractivity contribution in [1.82, 2.24) is 15.1 Å². The Labute approximate surface area is 260 Å². The molecule has 1 aromatic carbocycles. The van der Waals surface area contributed by atoms with E-state index in [-0.39, 0.29) is 29.1 Å². The van der Waals surface area contributed by atoms with Gasteiger partial charge in [0, 0.05) is 6.21 Å². The van der Waals surface area contributed by atoms with Gasteiger partial charge in [-0.25, -0.2) is 18.3 Å². The molecule has 3 heterocycles. The molecule has 1 saturated heterocycles. The summed E-state index contributed by atoms with van der Waals surface area (Å²) in [7, 11) is -4.55. The van der Waals surface area contributed by atoms with Gasteiger partial charge in [0.25, 0.3) is 5.85 Å². The molecule has 2 N–H and O–H groups in total. The summed E-state index contributed by atoms with van der Waals surface area (Å²) in [5, 5.41) is 13.4. The minimum atomic E-state index is -4.55. The van der Waals surface area contributed by atoms with Crippen molar-refractivity contribution in [2.75, 3.05) is 13.2 Å². The highest BCUT2D eigenvalue weighted by Crippen LogP contribution is 2.53. The number of para-hydroxylation sites is 1. The maximum atomic E-state index is 16.4. The average Bonchev–Trinajstić information content (AvgIpc) is 3.50. The van der Waals surface area contributed by atoms with Crippen LogP contribution in [0.1, 0.15) is 70.3 Å². The Morgan fingerprint density at radius 1 is 1.20 bits per heavy atom. The number of fused-ring (bicyclic) bond motifs is 1. The summed E-state index contributed by atoms with van der Waals surface area (Å²) in [5.41, 5.74) is -2.16. The van der Waals surface area contributed by atoms with E-state index in [1.807, 2.05) is 0 Å². The number of aromatic nitrogens is 2. The fourth-order valence-corrected chi connectivity index (χ4v) is 7.23. The molecular weight excluding hydrogens is 613 g/mol. The first-order valence-corrected chi connectivity index (χ1v) is 16.7. The molecule has 5 rings (SSSR count). The largest absolute Gasteiger partial charge is 0.476 e. The SMILES string of the molecule is CCOc1nc(C)nc2c1N=CC2[C@H]1O[C@](F)(COP(=O)(NC(C)C(=O)OC2CCCCC2)Oc2ccccc2)[C@@H](O)[C@@]1(C)F. The lowest BCUT2D eigenvalue weighted by Crippen LogP contribution is -2.48. The van der Waals surface area contributed by atoms with E-state index in [0.717, 1.165) is 39.0 Å². The van der Waals surface area contributed by atoms with E-state index < -0.39 is 56.0 Å². The number of ether oxygens (including phenoxy) is 3. The summed E-state index contributed by atoms with van der Waals surface area (Å²) >= 11 is 0. The van der Waals surface area contributed by atoms with Gasteiger partial charge in [0.2, 0.25) is 5.88 Å². The van der Waals surface area contributed by atoms with E-state index in [0.29, 0.717) is 12.4 Å². The summed E-state index contributed by atoms with van der Waals surface area (Å²) in [6.45, 7) is 4.87. The Balaban J connectivity index is 1.34. The number of nitrogens with zero attached hydrogens (tertiary/aromatic N) is 3. The maximum Gasteiger partial charge on any atom is 0.459 e. The van der Waals surface area contributed by atoms with Gasteiger partial charge in [-0.15, -0.1) is 0 Å². The number of aliphatic hydroxyl groups excluding tert-OH is 1. The van der Waals surface area contributed by atoms with Crippen molar-refractivity contribution in [2.45, 2.75) is 102 Å². The van der Waals surface area contributed by atoms with Gasteiger partial charge in [-0.3, -0.25) is 14.3 Å². The summed E-state index contributed by atoms with van der Waals surface area (Å²) in [6, 6.07) is 6.72. The molecule has 0 spiro atoms. The van der Waals surface area contributed by atoms with E-state index in [9.17, 15) is 14.5 Å². The Morgan fingerprint density at radius 2 is 1.91 bits per heavy atom. The smallest absolute Gasteiger partial charge is 0.459 e. The van der Waals surface area contributed by atoms with Gasteiger partial charge >= 0.3 is 13.7 Å². The van der Waals surface area contributed by atoms with Crippen molar-refractivity contribution in [3.63, 3.8) is 0 Å². The predicted octanol–water partition coefficient (Wildman–Crippen LogP) is 5.19. The highest BCUT2D eigenvalue weighted by atomic mass is 31.2. The molecule has 2 aromatic rings. The molecule has 7 atom stereocenters. The van der Waals surface area contributed by atoms with Crippen LogP contribution in [0.3, 0.4) is 0 Å². The van der Waals surface area contributed by atoms with Crippen LogP contribution in [0.15, 0.2) is 35.3 Å². The van der Waals surface area contributed by atoms with Crippen molar-refractivity contribution < 1.29 is 46.5 Å². The zero-order valence-corrected chi connectivity index (χ0v) is 26.5. The number of aryl methyl sites for hydroxylation is 1. The molecular formula is C30H39F2N4O8P. The number of hydrogen-bond acceptors (Lipinski definition) is 11. The number of carbonyl (C=O) groups excluding carboxylic acids is 1. The van der Waals surface area contributed by atoms with E-state index in [1.54, 1.807) is 32.0 Å². The lowest BCUT2D eigenvalue weighted by atomic mass is 9.85. The summed E-state index contributed by atoms with van der Waals surface area (Å²) in [5.74, 6) is -4.28. The van der Waals surface area contributed by atoms with Crippen molar-refractivity contribution >= 4 is 25.6 Å². The molecule has 1 aromatic heterocycles. The number of aliphatic imine (C=N–C) groups is 1. The van der Waals surface area contributed by atoms with Gasteiger partial charge in [-0.05, 0) is 65.5 Å². The Bertz CT molecular complexity index is 1440. The molecule has 15 heteroatoms. The average molecular weight is 653 g/mol. The first kappa shape index (κ1) is 33.3. The second-order valence-corrected chi connectivity index (χ2v) is 13.3. The number of benzene rings is 1. The van der Waals surface area contributed by atoms with Crippen LogP contribution >= 0.6 is 7.75 Å². The van der Waals surface area contributed by atoms with Crippen LogP contribution in [-0.2, 0) is 23.4 Å². The normalized spacial score (nSPS) is 30.0. The van der Waals surface area contributed by atoms with E-state index in [4.69, 9.17) is 23.3 Å². The number of halogens is 2. The Hall–Kier alpha value is -3.03. The molecule has 12 nitrogen and oxygen atoms in total. The fraction of sp³-hybridized carbons (Fsp3) is 0.600. The molecule has 1 saturated carbocycles. The fourth-order valence-electron chi connectivity index (χ4n) is 5.73. The second-order valence-electron chi connectivity index (χ2n) is 11.6. The summed E-state index contributed by atoms with van der Waals surface area (Å²) < 4.78 is 74.3. The lowest BCUT2D eigenvalue weighted by Gasteiger charge is -2.29. The number of alkyl halides is 2. The Morgan fingerprint density at radius 3 is 2.60 bits per heavy atom. The third kappa shape index (κ3) is 7.20. The topological polar surface area (TPSA) is 151 Å². The number of nitrogens with one attached hydrogen (secondary N) is 1. The van der Waals surface area contributed by atoms with Gasteiger partial charge < -0.3 is 23.8 Å². The second kappa shape index (κ2) is 13.4. The van der Waals surface area contributed by atoms with Crippen LogP contribution in [0.25, 0.3) is 0 Å². The van der Waals surface area contributed by atoms with Gasteiger partial charge in [0.05, 0.1) is 18.2 Å². The van der Waals surface area contributed by atoms with Crippen LogP contribution < -0.4 is 14.3 Å². The maximum absolute atomic E-state index is 16.4. The molecule has 3 unspecified atom stereocenters. The number of hydrogen-bond donors (Lipinski definition) is 2. The minimum Gasteiger partial charge on any atom is -0.476 e. The van der Waals surface area contributed by atoms with Gasteiger partial charge in [-0.2, -0.15) is 10.1 Å². The van der Waals surface area contributed by atoms with Crippen molar-refractivity contribution in [3.8, 4) is 11.6 Å². The monoisotopic (exact) mass is 652 g/mol. The zero-order valence-electron chi connectivity index (χ0n) is 25.7. The van der Waals surface area contributed by atoms with Crippen LogP contribution in [0, 0.1) is 6.92 Å². The molecule has 0 bridgehead atoms. The molecule has 0 amide bonds. The highest BCUT2D eigenvalue weighted by molar-refractivity contribution is 7.52. The number of carbonyl (C=O) groups is 1. The molecule has 246 valence electrons. The molecule has 2 fully saturated rings. The third-order valence-electron chi connectivity index (χ3n) is 8.04.